The lowest BCUT2D eigenvalue weighted by Gasteiger charge is -2.28. The summed E-state index contributed by atoms with van der Waals surface area (Å²) in [5.74, 6) is 0. The molecule has 64 valence electrons. The average molecular weight is 162 g/mol. The Morgan fingerprint density at radius 3 is 2.67 bits per heavy atom. The standard InChI is InChI=1S/C10H14N2/c1-7-3-4-9(8(2)12-7)10-5-6-11-10/h3-4,10-11H,5-6H2,1-2H3/t10-/m0/s1. The molecule has 0 unspecified atom stereocenters. The van der Waals surface area contributed by atoms with Crippen LogP contribution in [0.3, 0.4) is 0 Å². The van der Waals surface area contributed by atoms with Crippen LogP contribution in [0.15, 0.2) is 12.1 Å². The largest absolute Gasteiger partial charge is 0.310 e. The van der Waals surface area contributed by atoms with Gasteiger partial charge in [0.1, 0.15) is 0 Å². The maximum absolute atomic E-state index is 4.44. The zero-order valence-electron chi connectivity index (χ0n) is 7.59. The van der Waals surface area contributed by atoms with Gasteiger partial charge in [-0.3, -0.25) is 4.98 Å². The minimum Gasteiger partial charge on any atom is -0.310 e. The number of hydrogen-bond donors (Lipinski definition) is 1. The van der Waals surface area contributed by atoms with E-state index < -0.39 is 0 Å². The van der Waals surface area contributed by atoms with E-state index in [-0.39, 0.29) is 0 Å². The molecule has 0 aromatic carbocycles. The Morgan fingerprint density at radius 2 is 2.17 bits per heavy atom. The second-order valence-corrected chi connectivity index (χ2v) is 3.42. The van der Waals surface area contributed by atoms with Gasteiger partial charge in [0.2, 0.25) is 0 Å². The highest BCUT2D eigenvalue weighted by atomic mass is 15.0. The summed E-state index contributed by atoms with van der Waals surface area (Å²) >= 11 is 0. The predicted molar refractivity (Wildman–Crippen MR) is 49.1 cm³/mol. The smallest absolute Gasteiger partial charge is 0.0423 e. The molecule has 0 bridgehead atoms. The minimum atomic E-state index is 0.568. The summed E-state index contributed by atoms with van der Waals surface area (Å²) < 4.78 is 0. The van der Waals surface area contributed by atoms with Gasteiger partial charge in [-0.1, -0.05) is 6.07 Å². The van der Waals surface area contributed by atoms with Crippen LogP contribution in [0.1, 0.15) is 29.4 Å². The molecule has 1 fully saturated rings. The van der Waals surface area contributed by atoms with Crippen molar-refractivity contribution in [3.8, 4) is 0 Å². The van der Waals surface area contributed by atoms with Crippen LogP contribution in [0.2, 0.25) is 0 Å². The van der Waals surface area contributed by atoms with E-state index in [1.165, 1.54) is 17.7 Å². The number of pyridine rings is 1. The predicted octanol–water partition coefficient (Wildman–Crippen LogP) is 1.73. The van der Waals surface area contributed by atoms with Crippen molar-refractivity contribution in [1.82, 2.24) is 10.3 Å². The van der Waals surface area contributed by atoms with Crippen molar-refractivity contribution in [3.05, 3.63) is 29.1 Å². The van der Waals surface area contributed by atoms with E-state index in [1.54, 1.807) is 0 Å². The van der Waals surface area contributed by atoms with E-state index in [2.05, 4.69) is 29.4 Å². The normalized spacial score (nSPS) is 22.0. The molecule has 2 rings (SSSR count). The molecule has 1 aromatic rings. The van der Waals surface area contributed by atoms with Gasteiger partial charge in [0.05, 0.1) is 0 Å². The Hall–Kier alpha value is -0.890. The Bertz CT molecular complexity index is 290. The third-order valence-electron chi connectivity index (χ3n) is 2.47. The second kappa shape index (κ2) is 2.87. The van der Waals surface area contributed by atoms with Gasteiger partial charge in [-0.05, 0) is 38.4 Å². The van der Waals surface area contributed by atoms with E-state index in [0.717, 1.165) is 12.2 Å². The van der Waals surface area contributed by atoms with Crippen LogP contribution in [0.4, 0.5) is 0 Å². The first kappa shape index (κ1) is 7.74. The van der Waals surface area contributed by atoms with Crippen molar-refractivity contribution in [3.63, 3.8) is 0 Å². The number of nitrogens with zero attached hydrogens (tertiary/aromatic N) is 1. The SMILES string of the molecule is Cc1ccc([C@@H]2CCN2)c(C)n1. The number of hydrogen-bond acceptors (Lipinski definition) is 2. The third kappa shape index (κ3) is 1.23. The summed E-state index contributed by atoms with van der Waals surface area (Å²) in [6, 6.07) is 4.84. The van der Waals surface area contributed by atoms with Gasteiger partial charge >= 0.3 is 0 Å². The summed E-state index contributed by atoms with van der Waals surface area (Å²) in [7, 11) is 0. The number of aromatic nitrogens is 1. The molecule has 0 radical (unpaired) electrons. The van der Waals surface area contributed by atoms with Crippen molar-refractivity contribution >= 4 is 0 Å². The molecule has 0 spiro atoms. The van der Waals surface area contributed by atoms with Crippen LogP contribution >= 0.6 is 0 Å². The summed E-state index contributed by atoms with van der Waals surface area (Å²) in [6.07, 6.45) is 1.26. The molecular weight excluding hydrogens is 148 g/mol. The average Bonchev–Trinajstić information content (AvgIpc) is 1.91. The molecule has 2 heteroatoms. The lowest BCUT2D eigenvalue weighted by molar-refractivity contribution is 0.380. The van der Waals surface area contributed by atoms with Crippen LogP contribution in [0, 0.1) is 13.8 Å². The first-order chi connectivity index (χ1) is 5.77. The van der Waals surface area contributed by atoms with E-state index in [4.69, 9.17) is 0 Å². The first-order valence-corrected chi connectivity index (χ1v) is 4.45. The molecule has 1 saturated heterocycles. The molecule has 0 saturated carbocycles. The van der Waals surface area contributed by atoms with Crippen LogP contribution in [0.25, 0.3) is 0 Å². The summed E-state index contributed by atoms with van der Waals surface area (Å²) in [4.78, 5) is 4.44. The molecule has 2 nitrogen and oxygen atoms in total. The van der Waals surface area contributed by atoms with Crippen molar-refractivity contribution < 1.29 is 0 Å². The van der Waals surface area contributed by atoms with Crippen molar-refractivity contribution in [2.24, 2.45) is 0 Å². The molecular formula is C10H14N2. The van der Waals surface area contributed by atoms with Crippen molar-refractivity contribution in [1.29, 1.82) is 0 Å². The van der Waals surface area contributed by atoms with Gasteiger partial charge in [0, 0.05) is 17.4 Å². The van der Waals surface area contributed by atoms with Crippen LogP contribution in [-0.2, 0) is 0 Å². The molecule has 12 heavy (non-hydrogen) atoms. The highest BCUT2D eigenvalue weighted by Gasteiger charge is 2.20. The fourth-order valence-electron chi connectivity index (χ4n) is 1.62. The Balaban J connectivity index is 2.31. The molecule has 0 amide bonds. The molecule has 1 aromatic heterocycles. The number of aryl methyl sites for hydroxylation is 2. The molecule has 0 aliphatic carbocycles. The van der Waals surface area contributed by atoms with Crippen molar-refractivity contribution in [2.75, 3.05) is 6.54 Å². The number of rotatable bonds is 1. The molecule has 1 atom stereocenters. The van der Waals surface area contributed by atoms with Crippen LogP contribution in [-0.4, -0.2) is 11.5 Å². The number of nitrogens with one attached hydrogen (secondary N) is 1. The fraction of sp³-hybridized carbons (Fsp3) is 0.500. The Morgan fingerprint density at radius 1 is 1.42 bits per heavy atom. The first-order valence-electron chi connectivity index (χ1n) is 4.45. The van der Waals surface area contributed by atoms with Crippen LogP contribution in [0.5, 0.6) is 0 Å². The maximum Gasteiger partial charge on any atom is 0.0423 e. The highest BCUT2D eigenvalue weighted by Crippen LogP contribution is 2.24. The van der Waals surface area contributed by atoms with E-state index in [1.807, 2.05) is 6.92 Å². The van der Waals surface area contributed by atoms with Gasteiger partial charge in [-0.15, -0.1) is 0 Å². The maximum atomic E-state index is 4.44. The summed E-state index contributed by atoms with van der Waals surface area (Å²) in [5, 5.41) is 3.38. The topological polar surface area (TPSA) is 24.9 Å². The molecule has 1 N–H and O–H groups in total. The minimum absolute atomic E-state index is 0.568. The second-order valence-electron chi connectivity index (χ2n) is 3.42. The van der Waals surface area contributed by atoms with Crippen LogP contribution < -0.4 is 5.32 Å². The highest BCUT2D eigenvalue weighted by molar-refractivity contribution is 5.26. The monoisotopic (exact) mass is 162 g/mol. The van der Waals surface area contributed by atoms with Gasteiger partial charge < -0.3 is 5.32 Å². The van der Waals surface area contributed by atoms with Crippen molar-refractivity contribution in [2.45, 2.75) is 26.3 Å². The zero-order valence-corrected chi connectivity index (χ0v) is 7.59. The lowest BCUT2D eigenvalue weighted by atomic mass is 9.97. The van der Waals surface area contributed by atoms with Gasteiger partial charge in [-0.2, -0.15) is 0 Å². The summed E-state index contributed by atoms with van der Waals surface area (Å²) in [6.45, 7) is 5.27. The van der Waals surface area contributed by atoms with Gasteiger partial charge in [0.15, 0.2) is 0 Å². The molecule has 1 aliphatic rings. The van der Waals surface area contributed by atoms with Gasteiger partial charge in [-0.25, -0.2) is 0 Å². The van der Waals surface area contributed by atoms with Gasteiger partial charge in [0.25, 0.3) is 0 Å². The quantitative estimate of drug-likeness (QED) is 0.680. The zero-order chi connectivity index (χ0) is 8.55. The van der Waals surface area contributed by atoms with E-state index in [9.17, 15) is 0 Å². The lowest BCUT2D eigenvalue weighted by Crippen LogP contribution is -2.35. The molecule has 1 aliphatic heterocycles. The molecule has 2 heterocycles. The Kier molecular flexibility index (Phi) is 1.85. The van der Waals surface area contributed by atoms with E-state index in [0.29, 0.717) is 6.04 Å². The third-order valence-corrected chi connectivity index (χ3v) is 2.47. The van der Waals surface area contributed by atoms with E-state index >= 15 is 0 Å². The Labute approximate surface area is 73.0 Å². The fourth-order valence-corrected chi connectivity index (χ4v) is 1.62. The summed E-state index contributed by atoms with van der Waals surface area (Å²) in [5.41, 5.74) is 3.65.